The van der Waals surface area contributed by atoms with Crippen LogP contribution in [0.5, 0.6) is 0 Å². The highest BCUT2D eigenvalue weighted by atomic mass is 79.9. The molecule has 0 N–H and O–H groups in total. The number of carbonyl (C=O) groups excluding carboxylic acids is 1. The van der Waals surface area contributed by atoms with Gasteiger partial charge in [-0.05, 0) is 12.8 Å². The molecule has 6 heteroatoms. The van der Waals surface area contributed by atoms with E-state index in [0.29, 0.717) is 0 Å². The first-order valence-electron chi connectivity index (χ1n) is 4.95. The van der Waals surface area contributed by atoms with E-state index in [0.717, 1.165) is 25.9 Å². The van der Waals surface area contributed by atoms with E-state index in [2.05, 4.69) is 25.4 Å². The summed E-state index contributed by atoms with van der Waals surface area (Å²) in [6.07, 6.45) is 8.10. The fourth-order valence-corrected chi connectivity index (χ4v) is 1.27. The van der Waals surface area contributed by atoms with Crippen LogP contribution in [-0.2, 0) is 19.1 Å². The van der Waals surface area contributed by atoms with Gasteiger partial charge in [-0.2, -0.15) is 0 Å². The maximum atomic E-state index is 10.7. The predicted octanol–water partition coefficient (Wildman–Crippen LogP) is 1.91. The number of halogens is 1. The van der Waals surface area contributed by atoms with Crippen LogP contribution in [0.1, 0.15) is 12.8 Å². The smallest absolute Gasteiger partial charge is 0.335 e. The molecule has 0 amide bonds. The Morgan fingerprint density at radius 1 is 1.19 bits per heavy atom. The molecule has 2 heterocycles. The van der Waals surface area contributed by atoms with Crippen LogP contribution in [-0.4, -0.2) is 29.5 Å². The molecule has 0 bridgehead atoms. The first-order chi connectivity index (χ1) is 7.83. The van der Waals surface area contributed by atoms with Gasteiger partial charge in [-0.15, -0.1) is 5.06 Å². The Kier molecular flexibility index (Phi) is 6.67. The van der Waals surface area contributed by atoms with Crippen molar-refractivity contribution in [3.05, 3.63) is 25.0 Å². The summed E-state index contributed by atoms with van der Waals surface area (Å²) < 4.78 is 9.17. The number of nitrogens with zero attached hydrogens (tertiary/aromatic N) is 1. The average Bonchev–Trinajstić information content (AvgIpc) is 2.85. The van der Waals surface area contributed by atoms with Crippen molar-refractivity contribution in [3.63, 3.8) is 0 Å². The van der Waals surface area contributed by atoms with Crippen LogP contribution >= 0.6 is 15.9 Å². The van der Waals surface area contributed by atoms with Gasteiger partial charge >= 0.3 is 5.97 Å². The van der Waals surface area contributed by atoms with Gasteiger partial charge in [-0.3, -0.25) is 0 Å². The third kappa shape index (κ3) is 5.77. The van der Waals surface area contributed by atoms with E-state index in [1.807, 2.05) is 0 Å². The molecular formula is C10H14BrNO4. The molecule has 0 aromatic carbocycles. The van der Waals surface area contributed by atoms with Crippen LogP contribution in [0.15, 0.2) is 25.0 Å². The molecule has 0 atom stereocenters. The van der Waals surface area contributed by atoms with Crippen LogP contribution in [0.25, 0.3) is 0 Å². The Labute approximate surface area is 103 Å². The fraction of sp³-hybridized carbons (Fsp3) is 0.500. The predicted molar refractivity (Wildman–Crippen MR) is 61.1 cm³/mol. The molecule has 1 fully saturated rings. The third-order valence-corrected chi connectivity index (χ3v) is 2.29. The van der Waals surface area contributed by atoms with Gasteiger partial charge in [0.2, 0.25) is 0 Å². The zero-order chi connectivity index (χ0) is 11.6. The normalized spacial score (nSPS) is 18.1. The Morgan fingerprint density at radius 2 is 1.69 bits per heavy atom. The molecule has 0 aromatic rings. The number of hydroxylamine groups is 2. The summed E-state index contributed by atoms with van der Waals surface area (Å²) in [7, 11) is 0. The van der Waals surface area contributed by atoms with E-state index in [1.54, 1.807) is 5.06 Å². The van der Waals surface area contributed by atoms with Gasteiger partial charge in [0, 0.05) is 13.1 Å². The second kappa shape index (κ2) is 8.18. The van der Waals surface area contributed by atoms with E-state index >= 15 is 0 Å². The third-order valence-electron chi connectivity index (χ3n) is 1.83. The van der Waals surface area contributed by atoms with Gasteiger partial charge in [0.05, 0.1) is 0 Å². The lowest BCUT2D eigenvalue weighted by Crippen LogP contribution is -2.24. The summed E-state index contributed by atoms with van der Waals surface area (Å²) in [6.45, 7) is 1.78. The zero-order valence-electron chi connectivity index (χ0n) is 8.80. The largest absolute Gasteiger partial charge is 0.466 e. The summed E-state index contributed by atoms with van der Waals surface area (Å²) in [5, 5.41) is 1.99. The molecule has 2 aliphatic heterocycles. The highest BCUT2D eigenvalue weighted by Gasteiger charge is 2.14. The SMILES string of the molecule is C1=COC=CO1.O=C(CBr)ON1CCCC1. The fourth-order valence-electron chi connectivity index (χ4n) is 1.17. The van der Waals surface area contributed by atoms with E-state index in [9.17, 15) is 4.79 Å². The van der Waals surface area contributed by atoms with Gasteiger partial charge in [-0.25, -0.2) is 4.79 Å². The first-order valence-corrected chi connectivity index (χ1v) is 6.08. The summed E-state index contributed by atoms with van der Waals surface area (Å²) in [4.78, 5) is 15.6. The molecule has 2 rings (SSSR count). The van der Waals surface area contributed by atoms with Gasteiger partial charge in [0.15, 0.2) is 0 Å². The molecule has 1 saturated heterocycles. The Balaban J connectivity index is 0.000000181. The Bertz CT molecular complexity index is 242. The van der Waals surface area contributed by atoms with E-state index in [-0.39, 0.29) is 11.3 Å². The molecule has 16 heavy (non-hydrogen) atoms. The van der Waals surface area contributed by atoms with Crippen molar-refractivity contribution >= 4 is 21.9 Å². The minimum Gasteiger partial charge on any atom is -0.466 e. The monoisotopic (exact) mass is 291 g/mol. The lowest BCUT2D eigenvalue weighted by atomic mass is 10.4. The molecule has 0 aliphatic carbocycles. The maximum absolute atomic E-state index is 10.7. The highest BCUT2D eigenvalue weighted by Crippen LogP contribution is 2.07. The summed E-state index contributed by atoms with van der Waals surface area (Å²) in [5.41, 5.74) is 0. The summed E-state index contributed by atoms with van der Waals surface area (Å²) in [6, 6.07) is 0. The molecule has 0 saturated carbocycles. The molecule has 90 valence electrons. The number of hydrogen-bond donors (Lipinski definition) is 0. The minimum atomic E-state index is -0.207. The standard InChI is InChI=1S/C6H10BrNO2.C4H4O2/c7-5-6(9)10-8-3-1-2-4-8;1-2-6-4-3-5-1/h1-5H2;1-4H. The lowest BCUT2D eigenvalue weighted by Gasteiger charge is -2.12. The minimum absolute atomic E-state index is 0.207. The van der Waals surface area contributed by atoms with E-state index in [1.165, 1.54) is 25.0 Å². The van der Waals surface area contributed by atoms with Crippen LogP contribution < -0.4 is 0 Å². The molecule has 0 radical (unpaired) electrons. The van der Waals surface area contributed by atoms with Gasteiger partial charge in [-0.1, -0.05) is 15.9 Å². The average molecular weight is 292 g/mol. The Hall–Kier alpha value is -1.01. The number of ether oxygens (including phenoxy) is 2. The highest BCUT2D eigenvalue weighted by molar-refractivity contribution is 9.09. The molecular weight excluding hydrogens is 278 g/mol. The second-order valence-electron chi connectivity index (χ2n) is 3.05. The van der Waals surface area contributed by atoms with Crippen molar-refractivity contribution in [3.8, 4) is 0 Å². The van der Waals surface area contributed by atoms with Crippen LogP contribution in [0.3, 0.4) is 0 Å². The van der Waals surface area contributed by atoms with Crippen molar-refractivity contribution in [1.29, 1.82) is 0 Å². The van der Waals surface area contributed by atoms with Gasteiger partial charge in [0.25, 0.3) is 0 Å². The maximum Gasteiger partial charge on any atom is 0.335 e. The molecule has 2 aliphatic rings. The van der Waals surface area contributed by atoms with Crippen LogP contribution in [0, 0.1) is 0 Å². The van der Waals surface area contributed by atoms with E-state index in [4.69, 9.17) is 4.84 Å². The quantitative estimate of drug-likeness (QED) is 0.728. The van der Waals surface area contributed by atoms with Gasteiger partial charge in [0.1, 0.15) is 30.4 Å². The van der Waals surface area contributed by atoms with Crippen molar-refractivity contribution < 1.29 is 19.1 Å². The number of carbonyl (C=O) groups is 1. The molecule has 0 unspecified atom stereocenters. The van der Waals surface area contributed by atoms with Crippen molar-refractivity contribution in [2.75, 3.05) is 18.4 Å². The Morgan fingerprint density at radius 3 is 2.06 bits per heavy atom. The summed E-state index contributed by atoms with van der Waals surface area (Å²) >= 11 is 3.02. The number of rotatable bonds is 2. The number of alkyl halides is 1. The van der Waals surface area contributed by atoms with E-state index < -0.39 is 0 Å². The molecule has 5 nitrogen and oxygen atoms in total. The lowest BCUT2D eigenvalue weighted by molar-refractivity contribution is -0.181. The number of hydrogen-bond acceptors (Lipinski definition) is 5. The topological polar surface area (TPSA) is 48.0 Å². The van der Waals surface area contributed by atoms with Crippen LogP contribution in [0.2, 0.25) is 0 Å². The first kappa shape index (κ1) is 13.1. The van der Waals surface area contributed by atoms with Crippen LogP contribution in [0.4, 0.5) is 0 Å². The molecule has 0 spiro atoms. The van der Waals surface area contributed by atoms with Gasteiger partial charge < -0.3 is 14.3 Å². The summed E-state index contributed by atoms with van der Waals surface area (Å²) in [5.74, 6) is -0.207. The van der Waals surface area contributed by atoms with Crippen molar-refractivity contribution in [2.24, 2.45) is 0 Å². The zero-order valence-corrected chi connectivity index (χ0v) is 10.4. The van der Waals surface area contributed by atoms with Crippen molar-refractivity contribution in [2.45, 2.75) is 12.8 Å². The van der Waals surface area contributed by atoms with Crippen molar-refractivity contribution in [1.82, 2.24) is 5.06 Å². The molecule has 0 aromatic heterocycles. The second-order valence-corrected chi connectivity index (χ2v) is 3.61.